The van der Waals surface area contributed by atoms with Crippen LogP contribution in [-0.2, 0) is 4.79 Å². The molecule has 0 saturated carbocycles. The summed E-state index contributed by atoms with van der Waals surface area (Å²) in [7, 11) is 0. The Balaban J connectivity index is 2.41. The predicted molar refractivity (Wildman–Crippen MR) is 102 cm³/mol. The number of halogens is 2. The van der Waals surface area contributed by atoms with Crippen molar-refractivity contribution in [2.45, 2.75) is 39.3 Å². The van der Waals surface area contributed by atoms with E-state index < -0.39 is 29.3 Å². The summed E-state index contributed by atoms with van der Waals surface area (Å²) < 4.78 is 20.0. The second kappa shape index (κ2) is 7.96. The van der Waals surface area contributed by atoms with Crippen molar-refractivity contribution in [2.24, 2.45) is 0 Å². The molecule has 0 aliphatic rings. The Labute approximate surface area is 162 Å². The Hall–Kier alpha value is -2.60. The highest BCUT2D eigenvalue weighted by atomic mass is 35.5. The molecule has 0 saturated heterocycles. The smallest absolute Gasteiger partial charge is 0.344 e. The summed E-state index contributed by atoms with van der Waals surface area (Å²) in [4.78, 5) is 23.3. The largest absolute Gasteiger partial charge is 0.479 e. The fourth-order valence-corrected chi connectivity index (χ4v) is 2.52. The second-order valence-electron chi connectivity index (χ2n) is 7.14. The summed E-state index contributed by atoms with van der Waals surface area (Å²) >= 11 is 6.03. The zero-order valence-corrected chi connectivity index (χ0v) is 16.2. The van der Waals surface area contributed by atoms with Crippen LogP contribution in [0.15, 0.2) is 36.4 Å². The highest BCUT2D eigenvalue weighted by Gasteiger charge is 2.20. The van der Waals surface area contributed by atoms with Crippen molar-refractivity contribution in [3.8, 4) is 16.9 Å². The molecule has 0 heterocycles. The highest BCUT2D eigenvalue weighted by Crippen LogP contribution is 2.34. The summed E-state index contributed by atoms with van der Waals surface area (Å²) in [6.45, 7) is 6.80. The number of amides is 1. The number of nitrogens with one attached hydrogen (secondary N) is 1. The van der Waals surface area contributed by atoms with E-state index in [0.717, 1.165) is 0 Å². The first-order valence-corrected chi connectivity index (χ1v) is 8.67. The molecule has 2 N–H and O–H groups in total. The van der Waals surface area contributed by atoms with Gasteiger partial charge >= 0.3 is 5.97 Å². The number of carbonyl (C=O) groups excluding carboxylic acids is 1. The molecule has 27 heavy (non-hydrogen) atoms. The number of carboxylic acid groups (broad SMARTS) is 1. The van der Waals surface area contributed by atoms with Crippen LogP contribution in [0.1, 0.15) is 38.1 Å². The molecule has 7 heteroatoms. The van der Waals surface area contributed by atoms with Gasteiger partial charge in [0.05, 0.1) is 5.56 Å². The van der Waals surface area contributed by atoms with Crippen LogP contribution in [0.25, 0.3) is 11.1 Å². The summed E-state index contributed by atoms with van der Waals surface area (Å²) in [5.74, 6) is -2.10. The first kappa shape index (κ1) is 20.7. The van der Waals surface area contributed by atoms with Gasteiger partial charge in [-0.3, -0.25) is 4.79 Å². The van der Waals surface area contributed by atoms with Gasteiger partial charge in [-0.1, -0.05) is 17.7 Å². The van der Waals surface area contributed by atoms with Gasteiger partial charge in [-0.2, -0.15) is 0 Å². The summed E-state index contributed by atoms with van der Waals surface area (Å²) in [6, 6.07) is 8.75. The number of hydrogen-bond acceptors (Lipinski definition) is 3. The molecule has 0 fully saturated rings. The molecule has 2 rings (SSSR count). The number of carboxylic acids is 1. The van der Waals surface area contributed by atoms with Gasteiger partial charge in [0.2, 0.25) is 0 Å². The third kappa shape index (κ3) is 5.44. The zero-order valence-electron chi connectivity index (χ0n) is 15.5. The average molecular weight is 394 g/mol. The SMILES string of the molecule is C[C@H](Oc1ccc(Cl)cc1-c1ccc(C(=O)NC(C)(C)C)c(F)c1)C(=O)O. The lowest BCUT2D eigenvalue weighted by atomic mass is 10.0. The molecule has 0 aliphatic carbocycles. The molecule has 0 spiro atoms. The highest BCUT2D eigenvalue weighted by molar-refractivity contribution is 6.31. The van der Waals surface area contributed by atoms with Gasteiger partial charge in [0, 0.05) is 16.1 Å². The zero-order chi connectivity index (χ0) is 20.4. The van der Waals surface area contributed by atoms with Crippen LogP contribution in [0.2, 0.25) is 5.02 Å². The Morgan fingerprint density at radius 3 is 2.41 bits per heavy atom. The summed E-state index contributed by atoms with van der Waals surface area (Å²) in [6.07, 6.45) is -1.09. The predicted octanol–water partition coefficient (Wildman–Crippen LogP) is 4.53. The maximum Gasteiger partial charge on any atom is 0.344 e. The first-order chi connectivity index (χ1) is 12.5. The van der Waals surface area contributed by atoms with E-state index in [4.69, 9.17) is 21.4 Å². The van der Waals surface area contributed by atoms with E-state index in [1.54, 1.807) is 39.0 Å². The molecule has 5 nitrogen and oxygen atoms in total. The third-order valence-electron chi connectivity index (χ3n) is 3.61. The van der Waals surface area contributed by atoms with Gasteiger partial charge in [-0.25, -0.2) is 9.18 Å². The normalized spacial score (nSPS) is 12.4. The minimum Gasteiger partial charge on any atom is -0.479 e. The van der Waals surface area contributed by atoms with Crippen molar-refractivity contribution in [2.75, 3.05) is 0 Å². The quantitative estimate of drug-likeness (QED) is 0.782. The molecular formula is C20H21ClFNO4. The molecule has 0 bridgehead atoms. The van der Waals surface area contributed by atoms with Gasteiger partial charge in [0.15, 0.2) is 6.10 Å². The standard InChI is InChI=1S/C20H21ClFNO4/c1-11(19(25)26)27-17-8-6-13(21)10-15(17)12-5-7-14(16(22)9-12)18(24)23-20(2,3)4/h5-11H,1-4H3,(H,23,24)(H,25,26)/t11-/m0/s1. The lowest BCUT2D eigenvalue weighted by Crippen LogP contribution is -2.40. The van der Waals surface area contributed by atoms with Crippen LogP contribution in [-0.4, -0.2) is 28.6 Å². The van der Waals surface area contributed by atoms with Gasteiger partial charge in [0.1, 0.15) is 11.6 Å². The monoisotopic (exact) mass is 393 g/mol. The number of ether oxygens (including phenoxy) is 1. The molecule has 0 radical (unpaired) electrons. The third-order valence-corrected chi connectivity index (χ3v) is 3.84. The number of benzene rings is 2. The molecular weight excluding hydrogens is 373 g/mol. The van der Waals surface area contributed by atoms with Crippen LogP contribution >= 0.6 is 11.6 Å². The molecule has 0 aromatic heterocycles. The summed E-state index contributed by atoms with van der Waals surface area (Å²) in [5.41, 5.74) is 0.257. The lowest BCUT2D eigenvalue weighted by Gasteiger charge is -2.21. The Bertz CT molecular complexity index is 877. The van der Waals surface area contributed by atoms with Gasteiger partial charge in [-0.15, -0.1) is 0 Å². The summed E-state index contributed by atoms with van der Waals surface area (Å²) in [5, 5.41) is 12.1. The fourth-order valence-electron chi connectivity index (χ4n) is 2.35. The maximum absolute atomic E-state index is 14.6. The second-order valence-corrected chi connectivity index (χ2v) is 7.57. The average Bonchev–Trinajstić information content (AvgIpc) is 2.54. The topological polar surface area (TPSA) is 75.6 Å². The van der Waals surface area contributed by atoms with Crippen molar-refractivity contribution >= 4 is 23.5 Å². The number of hydrogen-bond donors (Lipinski definition) is 2. The van der Waals surface area contributed by atoms with Crippen LogP contribution in [0.4, 0.5) is 4.39 Å². The Morgan fingerprint density at radius 2 is 1.85 bits per heavy atom. The molecule has 2 aromatic carbocycles. The Morgan fingerprint density at radius 1 is 1.19 bits per heavy atom. The Kier molecular flexibility index (Phi) is 6.11. The number of rotatable bonds is 5. The van der Waals surface area contributed by atoms with Crippen molar-refractivity contribution in [1.29, 1.82) is 0 Å². The van der Waals surface area contributed by atoms with Crippen molar-refractivity contribution < 1.29 is 23.8 Å². The molecule has 1 amide bonds. The van der Waals surface area contributed by atoms with Crippen LogP contribution in [0.3, 0.4) is 0 Å². The van der Waals surface area contributed by atoms with Crippen LogP contribution in [0.5, 0.6) is 5.75 Å². The van der Waals surface area contributed by atoms with Crippen molar-refractivity contribution in [1.82, 2.24) is 5.32 Å². The molecule has 0 aliphatic heterocycles. The van der Waals surface area contributed by atoms with Gasteiger partial charge < -0.3 is 15.2 Å². The first-order valence-electron chi connectivity index (χ1n) is 8.29. The van der Waals surface area contributed by atoms with E-state index in [1.807, 2.05) is 0 Å². The maximum atomic E-state index is 14.6. The van der Waals surface area contributed by atoms with Crippen molar-refractivity contribution in [3.05, 3.63) is 52.8 Å². The van der Waals surface area contributed by atoms with E-state index in [9.17, 15) is 14.0 Å². The lowest BCUT2D eigenvalue weighted by molar-refractivity contribution is -0.144. The molecule has 0 unspecified atom stereocenters. The minimum atomic E-state index is -1.13. The van der Waals surface area contributed by atoms with E-state index in [2.05, 4.69) is 5.32 Å². The molecule has 144 valence electrons. The van der Waals surface area contributed by atoms with E-state index in [1.165, 1.54) is 25.1 Å². The minimum absolute atomic E-state index is 0.0860. The molecule has 1 atom stereocenters. The van der Waals surface area contributed by atoms with E-state index >= 15 is 0 Å². The number of aliphatic carboxylic acids is 1. The fraction of sp³-hybridized carbons (Fsp3) is 0.300. The van der Waals surface area contributed by atoms with Crippen LogP contribution in [0, 0.1) is 5.82 Å². The van der Waals surface area contributed by atoms with E-state index in [-0.39, 0.29) is 11.3 Å². The van der Waals surface area contributed by atoms with Crippen LogP contribution < -0.4 is 10.1 Å². The van der Waals surface area contributed by atoms with Crippen molar-refractivity contribution in [3.63, 3.8) is 0 Å². The van der Waals surface area contributed by atoms with Gasteiger partial charge in [0.25, 0.3) is 5.91 Å². The van der Waals surface area contributed by atoms with Gasteiger partial charge in [-0.05, 0) is 63.6 Å². The molecule has 2 aromatic rings. The van der Waals surface area contributed by atoms with E-state index in [0.29, 0.717) is 16.1 Å². The number of carbonyl (C=O) groups is 2.